The Morgan fingerprint density at radius 2 is 2.14 bits per heavy atom. The molecule has 158 valence electrons. The lowest BCUT2D eigenvalue weighted by Crippen LogP contribution is -2.31. The zero-order chi connectivity index (χ0) is 20.8. The fourth-order valence-electron chi connectivity index (χ4n) is 3.31. The van der Waals surface area contributed by atoms with Crippen molar-refractivity contribution in [3.05, 3.63) is 35.3 Å². The van der Waals surface area contributed by atoms with Crippen molar-refractivity contribution in [3.63, 3.8) is 0 Å². The second-order valence-corrected chi connectivity index (χ2v) is 6.93. The summed E-state index contributed by atoms with van der Waals surface area (Å²) in [6.07, 6.45) is 1.77. The van der Waals surface area contributed by atoms with Gasteiger partial charge in [-0.2, -0.15) is 0 Å². The van der Waals surface area contributed by atoms with E-state index in [0.717, 1.165) is 12.8 Å². The molecule has 0 atom stereocenters. The highest BCUT2D eigenvalue weighted by Gasteiger charge is 2.34. The topological polar surface area (TPSA) is 97.3 Å². The van der Waals surface area contributed by atoms with Gasteiger partial charge in [0.1, 0.15) is 5.70 Å². The highest BCUT2D eigenvalue weighted by molar-refractivity contribution is 6.08. The van der Waals surface area contributed by atoms with E-state index >= 15 is 0 Å². The zero-order valence-corrected chi connectivity index (χ0v) is 16.3. The molecule has 1 aromatic rings. The number of aliphatic hydroxyl groups excluding tert-OH is 1. The van der Waals surface area contributed by atoms with E-state index in [9.17, 15) is 14.0 Å². The minimum atomic E-state index is -0.654. The van der Waals surface area contributed by atoms with E-state index < -0.39 is 17.7 Å². The first-order chi connectivity index (χ1) is 14.0. The van der Waals surface area contributed by atoms with Gasteiger partial charge in [0, 0.05) is 31.5 Å². The molecule has 0 saturated carbocycles. The number of ether oxygens (including phenoxy) is 3. The van der Waals surface area contributed by atoms with Crippen molar-refractivity contribution < 1.29 is 33.3 Å². The summed E-state index contributed by atoms with van der Waals surface area (Å²) in [5.74, 6) is -1.22. The first-order valence-electron chi connectivity index (χ1n) is 9.52. The summed E-state index contributed by atoms with van der Waals surface area (Å²) < 4.78 is 30.1. The molecule has 3 rings (SSSR count). The monoisotopic (exact) mass is 408 g/mol. The second-order valence-electron chi connectivity index (χ2n) is 6.93. The standard InChI is InChI=1S/C20H25FN2O6/c1-27-20(26)15-11-23(6-7-24)19(25)18(15)22-14-2-3-17(16(21)10-14)29-12-13-4-8-28-9-5-13/h2-3,10,13,22,24H,4-9,11-12H2,1H3. The maximum Gasteiger partial charge on any atom is 0.337 e. The second kappa shape index (κ2) is 9.71. The Bertz CT molecular complexity index is 791. The smallest absolute Gasteiger partial charge is 0.337 e. The number of carbonyl (C=O) groups excluding carboxylic acids is 2. The number of nitrogens with one attached hydrogen (secondary N) is 1. The summed E-state index contributed by atoms with van der Waals surface area (Å²) in [7, 11) is 1.22. The van der Waals surface area contributed by atoms with Gasteiger partial charge in [0.25, 0.3) is 5.91 Å². The van der Waals surface area contributed by atoms with Crippen LogP contribution < -0.4 is 10.1 Å². The predicted molar refractivity (Wildman–Crippen MR) is 102 cm³/mol. The number of rotatable bonds is 8. The number of aliphatic hydroxyl groups is 1. The van der Waals surface area contributed by atoms with E-state index in [-0.39, 0.29) is 36.7 Å². The number of anilines is 1. The van der Waals surface area contributed by atoms with Crippen LogP contribution in [0.4, 0.5) is 10.1 Å². The van der Waals surface area contributed by atoms with Crippen molar-refractivity contribution >= 4 is 17.6 Å². The van der Waals surface area contributed by atoms with Crippen molar-refractivity contribution in [2.75, 3.05) is 51.9 Å². The maximum atomic E-state index is 14.5. The molecule has 0 bridgehead atoms. The van der Waals surface area contributed by atoms with E-state index in [0.29, 0.717) is 31.4 Å². The lowest BCUT2D eigenvalue weighted by molar-refractivity contribution is -0.136. The summed E-state index contributed by atoms with van der Waals surface area (Å²) in [4.78, 5) is 25.8. The van der Waals surface area contributed by atoms with E-state index in [2.05, 4.69) is 5.32 Å². The highest BCUT2D eigenvalue weighted by Crippen LogP contribution is 2.27. The number of esters is 1. The number of β-amino-alcohol motifs (C(OH)–C–C–N with tert-alkyl or cyclic N) is 1. The molecule has 2 N–H and O–H groups in total. The van der Waals surface area contributed by atoms with Crippen molar-refractivity contribution in [2.24, 2.45) is 5.92 Å². The number of hydrogen-bond donors (Lipinski definition) is 2. The van der Waals surface area contributed by atoms with Crippen LogP contribution in [0.1, 0.15) is 12.8 Å². The van der Waals surface area contributed by atoms with Crippen LogP contribution in [0, 0.1) is 11.7 Å². The highest BCUT2D eigenvalue weighted by atomic mass is 19.1. The van der Waals surface area contributed by atoms with E-state index in [1.165, 1.54) is 24.1 Å². The molecular formula is C20H25FN2O6. The molecule has 2 aliphatic heterocycles. The summed E-state index contributed by atoms with van der Waals surface area (Å²) in [5, 5.41) is 11.9. The quantitative estimate of drug-likeness (QED) is 0.626. The molecule has 0 unspecified atom stereocenters. The Kier molecular flexibility index (Phi) is 7.05. The van der Waals surface area contributed by atoms with Crippen LogP contribution in [0.25, 0.3) is 0 Å². The number of benzene rings is 1. The number of methoxy groups -OCH3 is 1. The number of amides is 1. The Labute approximate surface area is 168 Å². The van der Waals surface area contributed by atoms with Crippen LogP contribution in [0.15, 0.2) is 29.5 Å². The molecule has 29 heavy (non-hydrogen) atoms. The molecule has 9 heteroatoms. The van der Waals surface area contributed by atoms with Crippen molar-refractivity contribution in [3.8, 4) is 5.75 Å². The average Bonchev–Trinajstić information content (AvgIpc) is 3.03. The van der Waals surface area contributed by atoms with Gasteiger partial charge >= 0.3 is 5.97 Å². The van der Waals surface area contributed by atoms with Crippen LogP contribution in [0.2, 0.25) is 0 Å². The summed E-state index contributed by atoms with van der Waals surface area (Å²) in [6, 6.07) is 4.27. The normalized spacial score (nSPS) is 17.6. The van der Waals surface area contributed by atoms with Crippen LogP contribution in [0.3, 0.4) is 0 Å². The molecule has 2 aliphatic rings. The fraction of sp³-hybridized carbons (Fsp3) is 0.500. The lowest BCUT2D eigenvalue weighted by atomic mass is 10.0. The molecule has 1 aromatic carbocycles. The SMILES string of the molecule is COC(=O)C1=C(Nc2ccc(OCC3CCOCC3)c(F)c2)C(=O)N(CCO)C1. The Hall–Kier alpha value is -2.65. The van der Waals surface area contributed by atoms with E-state index in [1.54, 1.807) is 6.07 Å². The third-order valence-corrected chi connectivity index (χ3v) is 4.97. The van der Waals surface area contributed by atoms with Gasteiger partial charge in [-0.05, 0) is 30.9 Å². The Morgan fingerprint density at radius 1 is 1.38 bits per heavy atom. The number of halogens is 1. The van der Waals surface area contributed by atoms with Gasteiger partial charge in [-0.3, -0.25) is 4.79 Å². The van der Waals surface area contributed by atoms with Gasteiger partial charge < -0.3 is 29.5 Å². The molecule has 2 heterocycles. The number of carbonyl (C=O) groups is 2. The van der Waals surface area contributed by atoms with Crippen molar-refractivity contribution in [2.45, 2.75) is 12.8 Å². The van der Waals surface area contributed by atoms with Gasteiger partial charge in [-0.15, -0.1) is 0 Å². The molecule has 1 saturated heterocycles. The number of nitrogens with zero attached hydrogens (tertiary/aromatic N) is 1. The minimum absolute atomic E-state index is 0.0144. The summed E-state index contributed by atoms with van der Waals surface area (Å²) >= 11 is 0. The van der Waals surface area contributed by atoms with Crippen LogP contribution >= 0.6 is 0 Å². The van der Waals surface area contributed by atoms with Gasteiger partial charge in [-0.25, -0.2) is 9.18 Å². The Balaban J connectivity index is 1.70. The van der Waals surface area contributed by atoms with E-state index in [4.69, 9.17) is 19.3 Å². The summed E-state index contributed by atoms with van der Waals surface area (Å²) in [6.45, 7) is 1.66. The largest absolute Gasteiger partial charge is 0.490 e. The first kappa shape index (κ1) is 21.1. The van der Waals surface area contributed by atoms with Crippen LogP contribution in [0.5, 0.6) is 5.75 Å². The van der Waals surface area contributed by atoms with Crippen LogP contribution in [-0.2, 0) is 19.1 Å². The molecule has 1 amide bonds. The average molecular weight is 408 g/mol. The van der Waals surface area contributed by atoms with Gasteiger partial charge in [0.15, 0.2) is 11.6 Å². The van der Waals surface area contributed by atoms with Crippen molar-refractivity contribution in [1.29, 1.82) is 0 Å². The molecule has 0 aromatic heterocycles. The van der Waals surface area contributed by atoms with Gasteiger partial charge in [-0.1, -0.05) is 0 Å². The molecule has 8 nitrogen and oxygen atoms in total. The third kappa shape index (κ3) is 5.04. The molecule has 1 fully saturated rings. The third-order valence-electron chi connectivity index (χ3n) is 4.97. The number of hydrogen-bond acceptors (Lipinski definition) is 7. The minimum Gasteiger partial charge on any atom is -0.490 e. The lowest BCUT2D eigenvalue weighted by Gasteiger charge is -2.22. The first-order valence-corrected chi connectivity index (χ1v) is 9.52. The predicted octanol–water partition coefficient (Wildman–Crippen LogP) is 1.30. The molecule has 0 radical (unpaired) electrons. The fourth-order valence-corrected chi connectivity index (χ4v) is 3.31. The maximum absolute atomic E-state index is 14.5. The zero-order valence-electron chi connectivity index (χ0n) is 16.3. The van der Waals surface area contributed by atoms with E-state index in [1.807, 2.05) is 0 Å². The molecular weight excluding hydrogens is 383 g/mol. The van der Waals surface area contributed by atoms with Gasteiger partial charge in [0.2, 0.25) is 0 Å². The van der Waals surface area contributed by atoms with Crippen molar-refractivity contribution in [1.82, 2.24) is 4.90 Å². The molecule has 0 aliphatic carbocycles. The van der Waals surface area contributed by atoms with Crippen LogP contribution in [-0.4, -0.2) is 68.5 Å². The molecule has 0 spiro atoms. The summed E-state index contributed by atoms with van der Waals surface area (Å²) in [5.41, 5.74) is 0.447. The van der Waals surface area contributed by atoms with Gasteiger partial charge in [0.05, 0.1) is 32.4 Å². The Morgan fingerprint density at radius 3 is 2.79 bits per heavy atom.